The second-order valence-corrected chi connectivity index (χ2v) is 11.0. The molecule has 0 aliphatic carbocycles. The van der Waals surface area contributed by atoms with Crippen LogP contribution in [0.25, 0.3) is 0 Å². The third-order valence-electron chi connectivity index (χ3n) is 6.88. The highest BCUT2D eigenvalue weighted by atomic mass is 32.1. The van der Waals surface area contributed by atoms with Gasteiger partial charge in [0, 0.05) is 31.9 Å². The molecule has 1 aromatic rings. The maximum Gasteiger partial charge on any atom is 0.222 e. The third kappa shape index (κ3) is 13.8. The van der Waals surface area contributed by atoms with E-state index in [1.165, 1.54) is 89.9 Å². The van der Waals surface area contributed by atoms with Gasteiger partial charge in [0.2, 0.25) is 5.91 Å². The lowest BCUT2D eigenvalue weighted by atomic mass is 10.0. The Bertz CT molecular complexity index is 631. The van der Waals surface area contributed by atoms with Crippen LogP contribution in [0.2, 0.25) is 0 Å². The van der Waals surface area contributed by atoms with Crippen LogP contribution in [0.4, 0.5) is 0 Å². The summed E-state index contributed by atoms with van der Waals surface area (Å²) in [5.41, 5.74) is 1.01. The lowest BCUT2D eigenvalue weighted by molar-refractivity contribution is -0.130. The van der Waals surface area contributed by atoms with E-state index in [9.17, 15) is 4.79 Å². The maximum absolute atomic E-state index is 12.5. The molecular weight excluding hydrogens is 442 g/mol. The summed E-state index contributed by atoms with van der Waals surface area (Å²) in [4.78, 5) is 21.5. The van der Waals surface area contributed by atoms with Crippen LogP contribution in [0, 0.1) is 0 Å². The van der Waals surface area contributed by atoms with Crippen molar-refractivity contribution in [1.82, 2.24) is 14.8 Å². The normalized spacial score (nSPS) is 14.5. The Morgan fingerprint density at radius 3 is 2.00 bits per heavy atom. The number of aromatic nitrogens is 1. The average Bonchev–Trinajstić information content (AvgIpc) is 3.28. The van der Waals surface area contributed by atoms with E-state index < -0.39 is 0 Å². The van der Waals surface area contributed by atoms with Gasteiger partial charge in [-0.05, 0) is 6.42 Å². The van der Waals surface area contributed by atoms with Crippen LogP contribution >= 0.6 is 11.3 Å². The molecule has 1 aromatic heterocycles. The lowest BCUT2D eigenvalue weighted by Crippen LogP contribution is -2.35. The van der Waals surface area contributed by atoms with Crippen molar-refractivity contribution in [1.29, 1.82) is 0 Å². The highest BCUT2D eigenvalue weighted by Crippen LogP contribution is 2.16. The molecule has 0 spiro atoms. The topological polar surface area (TPSA) is 45.7 Å². The Morgan fingerprint density at radius 1 is 0.912 bits per heavy atom. The molecule has 1 fully saturated rings. The highest BCUT2D eigenvalue weighted by Gasteiger charge is 2.14. The van der Waals surface area contributed by atoms with Crippen LogP contribution in [0.5, 0.6) is 0 Å². The molecule has 6 heteroatoms. The second-order valence-electron chi connectivity index (χ2n) is 10.1. The summed E-state index contributed by atoms with van der Waals surface area (Å²) in [5, 5.41) is 3.24. The van der Waals surface area contributed by atoms with Gasteiger partial charge < -0.3 is 9.64 Å². The lowest BCUT2D eigenvalue weighted by Gasteiger charge is -2.25. The molecule has 0 bridgehead atoms. The average molecular weight is 494 g/mol. The van der Waals surface area contributed by atoms with Gasteiger partial charge in [0.05, 0.1) is 32.0 Å². The number of carbonyl (C=O) groups is 1. The van der Waals surface area contributed by atoms with E-state index >= 15 is 0 Å². The summed E-state index contributed by atoms with van der Waals surface area (Å²) < 4.78 is 5.41. The Morgan fingerprint density at radius 2 is 1.44 bits per heavy atom. The van der Waals surface area contributed by atoms with Gasteiger partial charge in [-0.1, -0.05) is 96.8 Å². The maximum atomic E-state index is 12.5. The van der Waals surface area contributed by atoms with E-state index in [1.807, 2.05) is 11.9 Å². The number of morpholine rings is 1. The summed E-state index contributed by atoms with van der Waals surface area (Å²) in [5.74, 6) is 0.248. The van der Waals surface area contributed by atoms with Gasteiger partial charge in [0.25, 0.3) is 0 Å². The zero-order valence-corrected chi connectivity index (χ0v) is 23.0. The number of amides is 1. The fourth-order valence-electron chi connectivity index (χ4n) is 4.61. The molecule has 34 heavy (non-hydrogen) atoms. The standard InChI is InChI=1S/C28H51N3O2S/c1-3-4-5-6-7-8-9-10-11-12-13-14-15-16-17-18-28(32)30(2)23-26-25-34-27(29-26)24-31-19-21-33-22-20-31/h25H,3-24H2,1-2H3. The minimum atomic E-state index is 0.248. The Labute approximate surface area is 213 Å². The van der Waals surface area contributed by atoms with Gasteiger partial charge in [-0.3, -0.25) is 9.69 Å². The smallest absolute Gasteiger partial charge is 0.222 e. The molecule has 0 atom stereocenters. The number of rotatable bonds is 20. The van der Waals surface area contributed by atoms with Crippen molar-refractivity contribution >= 4 is 17.2 Å². The molecule has 0 unspecified atom stereocenters. The van der Waals surface area contributed by atoms with Crippen molar-refractivity contribution in [3.8, 4) is 0 Å². The first-order valence-electron chi connectivity index (χ1n) is 14.2. The monoisotopic (exact) mass is 493 g/mol. The molecule has 2 rings (SSSR count). The Balaban J connectivity index is 1.40. The zero-order valence-electron chi connectivity index (χ0n) is 22.2. The summed E-state index contributed by atoms with van der Waals surface area (Å²) in [6.07, 6.45) is 21.0. The fourth-order valence-corrected chi connectivity index (χ4v) is 5.44. The fraction of sp³-hybridized carbons (Fsp3) is 0.857. The van der Waals surface area contributed by atoms with Crippen LogP contribution in [-0.4, -0.2) is 54.0 Å². The summed E-state index contributed by atoms with van der Waals surface area (Å²) in [6.45, 7) is 7.39. The number of thiazole rings is 1. The SMILES string of the molecule is CCCCCCCCCCCCCCCCCC(=O)N(C)Cc1csc(CN2CCOCC2)n1. The first-order chi connectivity index (χ1) is 16.7. The molecule has 1 amide bonds. The molecule has 5 nitrogen and oxygen atoms in total. The van der Waals surface area contributed by atoms with Gasteiger partial charge in [0.1, 0.15) is 5.01 Å². The van der Waals surface area contributed by atoms with Crippen LogP contribution in [0.15, 0.2) is 5.38 Å². The van der Waals surface area contributed by atoms with E-state index in [0.29, 0.717) is 13.0 Å². The first-order valence-corrected chi connectivity index (χ1v) is 15.0. The van der Waals surface area contributed by atoms with E-state index in [2.05, 4.69) is 17.2 Å². The van der Waals surface area contributed by atoms with Crippen molar-refractivity contribution < 1.29 is 9.53 Å². The van der Waals surface area contributed by atoms with Crippen molar-refractivity contribution in [2.45, 2.75) is 123 Å². The molecular formula is C28H51N3O2S. The predicted octanol–water partition coefficient (Wildman–Crippen LogP) is 7.20. The molecule has 196 valence electrons. The van der Waals surface area contributed by atoms with Crippen LogP contribution in [0.3, 0.4) is 0 Å². The molecule has 2 heterocycles. The van der Waals surface area contributed by atoms with Gasteiger partial charge in [-0.15, -0.1) is 11.3 Å². The third-order valence-corrected chi connectivity index (χ3v) is 7.76. The minimum Gasteiger partial charge on any atom is -0.379 e. The summed E-state index contributed by atoms with van der Waals surface area (Å²) in [6, 6.07) is 0. The number of carbonyl (C=O) groups excluding carboxylic acids is 1. The second kappa shape index (κ2) is 19.2. The molecule has 0 N–H and O–H groups in total. The van der Waals surface area contributed by atoms with Crippen molar-refractivity contribution in [2.75, 3.05) is 33.4 Å². The van der Waals surface area contributed by atoms with Crippen LogP contribution in [-0.2, 0) is 22.6 Å². The van der Waals surface area contributed by atoms with E-state index in [4.69, 9.17) is 9.72 Å². The van der Waals surface area contributed by atoms with Gasteiger partial charge in [0.15, 0.2) is 0 Å². The number of ether oxygens (including phenoxy) is 1. The van der Waals surface area contributed by atoms with E-state index in [0.717, 1.165) is 50.0 Å². The molecule has 0 radical (unpaired) electrons. The van der Waals surface area contributed by atoms with Crippen LogP contribution in [0.1, 0.15) is 120 Å². The number of hydrogen-bond donors (Lipinski definition) is 0. The zero-order chi connectivity index (χ0) is 24.3. The number of nitrogens with zero attached hydrogens (tertiary/aromatic N) is 3. The molecule has 0 aromatic carbocycles. The van der Waals surface area contributed by atoms with Crippen molar-refractivity contribution in [2.24, 2.45) is 0 Å². The van der Waals surface area contributed by atoms with Crippen molar-refractivity contribution in [3.63, 3.8) is 0 Å². The van der Waals surface area contributed by atoms with Gasteiger partial charge in [-0.2, -0.15) is 0 Å². The van der Waals surface area contributed by atoms with Gasteiger partial charge >= 0.3 is 0 Å². The quantitative estimate of drug-likeness (QED) is 0.180. The predicted molar refractivity (Wildman–Crippen MR) is 144 cm³/mol. The molecule has 1 saturated heterocycles. The molecule has 0 saturated carbocycles. The van der Waals surface area contributed by atoms with Crippen molar-refractivity contribution in [3.05, 3.63) is 16.1 Å². The first kappa shape index (κ1) is 29.3. The largest absolute Gasteiger partial charge is 0.379 e. The van der Waals surface area contributed by atoms with E-state index in [1.54, 1.807) is 11.3 Å². The van der Waals surface area contributed by atoms with Gasteiger partial charge in [-0.25, -0.2) is 4.98 Å². The highest BCUT2D eigenvalue weighted by molar-refractivity contribution is 7.09. The van der Waals surface area contributed by atoms with Crippen LogP contribution < -0.4 is 0 Å². The molecule has 1 aliphatic rings. The van der Waals surface area contributed by atoms with E-state index in [-0.39, 0.29) is 5.91 Å². The number of unbranched alkanes of at least 4 members (excludes halogenated alkanes) is 14. The molecule has 1 aliphatic heterocycles. The Hall–Kier alpha value is -0.980. The Kier molecular flexibility index (Phi) is 16.6. The minimum absolute atomic E-state index is 0.248. The summed E-state index contributed by atoms with van der Waals surface area (Å²) >= 11 is 1.70. The summed E-state index contributed by atoms with van der Waals surface area (Å²) in [7, 11) is 1.91. The number of hydrogen-bond acceptors (Lipinski definition) is 5.